The van der Waals surface area contributed by atoms with Crippen LogP contribution in [0.5, 0.6) is 0 Å². The molecule has 15 heavy (non-hydrogen) atoms. The summed E-state index contributed by atoms with van der Waals surface area (Å²) in [6.07, 6.45) is 4.71. The Morgan fingerprint density at radius 1 is 1.47 bits per heavy atom. The minimum Gasteiger partial charge on any atom is -0.360 e. The number of H-pyrrole nitrogens is 1. The second-order valence-electron chi connectivity index (χ2n) is 2.87. The number of hydrogen-bond donors (Lipinski definition) is 2. The van der Waals surface area contributed by atoms with Gasteiger partial charge in [0.05, 0.1) is 11.6 Å². The van der Waals surface area contributed by atoms with Crippen molar-refractivity contribution in [2.75, 3.05) is 5.32 Å². The fraction of sp³-hybridized carbons (Fsp3) is 0.111. The normalized spacial score (nSPS) is 10.3. The van der Waals surface area contributed by atoms with Gasteiger partial charge in [0.2, 0.25) is 0 Å². The van der Waals surface area contributed by atoms with E-state index in [2.05, 4.69) is 20.3 Å². The standard InChI is InChI=1S/C9H8ClFN4/c10-6-3-7(11)9(14-4-6)15-5-8-12-1-2-13-8/h1-4H,5H2,(H,12,13)(H,14,15). The number of hydrogen-bond acceptors (Lipinski definition) is 3. The van der Waals surface area contributed by atoms with E-state index in [1.54, 1.807) is 12.4 Å². The van der Waals surface area contributed by atoms with Crippen LogP contribution in [0.3, 0.4) is 0 Å². The van der Waals surface area contributed by atoms with Crippen LogP contribution < -0.4 is 5.32 Å². The molecule has 0 fully saturated rings. The van der Waals surface area contributed by atoms with Crippen LogP contribution in [-0.4, -0.2) is 15.0 Å². The van der Waals surface area contributed by atoms with E-state index in [4.69, 9.17) is 11.6 Å². The molecule has 0 unspecified atom stereocenters. The van der Waals surface area contributed by atoms with Gasteiger partial charge in [0.15, 0.2) is 11.6 Å². The number of aromatic nitrogens is 3. The van der Waals surface area contributed by atoms with Crippen LogP contribution in [0, 0.1) is 5.82 Å². The first-order chi connectivity index (χ1) is 7.25. The van der Waals surface area contributed by atoms with Gasteiger partial charge < -0.3 is 10.3 Å². The molecule has 0 aliphatic carbocycles. The lowest BCUT2D eigenvalue weighted by atomic mass is 10.4. The quantitative estimate of drug-likeness (QED) is 0.844. The number of aromatic amines is 1. The number of pyridine rings is 1. The molecule has 6 heteroatoms. The summed E-state index contributed by atoms with van der Waals surface area (Å²) < 4.78 is 13.2. The van der Waals surface area contributed by atoms with Crippen LogP contribution in [-0.2, 0) is 6.54 Å². The van der Waals surface area contributed by atoms with Crippen molar-refractivity contribution in [2.24, 2.45) is 0 Å². The molecule has 0 saturated carbocycles. The molecule has 0 radical (unpaired) electrons. The highest BCUT2D eigenvalue weighted by molar-refractivity contribution is 6.30. The fourth-order valence-electron chi connectivity index (χ4n) is 1.11. The second kappa shape index (κ2) is 4.27. The molecule has 2 heterocycles. The Labute approximate surface area is 90.5 Å². The third-order valence-electron chi connectivity index (χ3n) is 1.79. The van der Waals surface area contributed by atoms with Crippen molar-refractivity contribution in [2.45, 2.75) is 6.54 Å². The lowest BCUT2D eigenvalue weighted by Crippen LogP contribution is -2.04. The first-order valence-corrected chi connectivity index (χ1v) is 4.66. The Morgan fingerprint density at radius 3 is 3.00 bits per heavy atom. The highest BCUT2D eigenvalue weighted by atomic mass is 35.5. The predicted octanol–water partition coefficient (Wildman–Crippen LogP) is 2.21. The molecule has 0 saturated heterocycles. The Bertz CT molecular complexity index is 443. The number of anilines is 1. The summed E-state index contributed by atoms with van der Waals surface area (Å²) >= 11 is 5.57. The molecule has 2 aromatic rings. The van der Waals surface area contributed by atoms with E-state index < -0.39 is 5.82 Å². The Balaban J connectivity index is 2.05. The fourth-order valence-corrected chi connectivity index (χ4v) is 1.25. The molecular formula is C9H8ClFN4. The van der Waals surface area contributed by atoms with Crippen molar-refractivity contribution < 1.29 is 4.39 Å². The molecule has 0 aliphatic rings. The minimum atomic E-state index is -0.478. The van der Waals surface area contributed by atoms with Gasteiger partial charge in [0.25, 0.3) is 0 Å². The molecule has 78 valence electrons. The summed E-state index contributed by atoms with van der Waals surface area (Å²) in [5, 5.41) is 3.08. The van der Waals surface area contributed by atoms with Gasteiger partial charge in [-0.15, -0.1) is 0 Å². The first-order valence-electron chi connectivity index (χ1n) is 4.29. The molecule has 0 bridgehead atoms. The van der Waals surface area contributed by atoms with E-state index in [9.17, 15) is 4.39 Å². The zero-order valence-electron chi connectivity index (χ0n) is 7.67. The number of nitrogens with one attached hydrogen (secondary N) is 2. The maximum atomic E-state index is 13.2. The minimum absolute atomic E-state index is 0.163. The van der Waals surface area contributed by atoms with Gasteiger partial charge in [0.1, 0.15) is 5.82 Å². The summed E-state index contributed by atoms with van der Waals surface area (Å²) in [4.78, 5) is 10.7. The average molecular weight is 227 g/mol. The second-order valence-corrected chi connectivity index (χ2v) is 3.31. The van der Waals surface area contributed by atoms with Crippen LogP contribution in [0.15, 0.2) is 24.7 Å². The zero-order valence-corrected chi connectivity index (χ0v) is 8.42. The van der Waals surface area contributed by atoms with E-state index >= 15 is 0 Å². The highest BCUT2D eigenvalue weighted by Gasteiger charge is 2.04. The van der Waals surface area contributed by atoms with Gasteiger partial charge in [-0.3, -0.25) is 0 Å². The van der Waals surface area contributed by atoms with E-state index in [0.717, 1.165) is 0 Å². The number of imidazole rings is 1. The lowest BCUT2D eigenvalue weighted by Gasteiger charge is -2.04. The maximum absolute atomic E-state index is 13.2. The number of nitrogens with zero attached hydrogens (tertiary/aromatic N) is 2. The van der Waals surface area contributed by atoms with Crippen LogP contribution in [0.1, 0.15) is 5.82 Å². The van der Waals surface area contributed by atoms with Crippen molar-refractivity contribution in [1.29, 1.82) is 0 Å². The first kappa shape index (κ1) is 9.92. The van der Waals surface area contributed by atoms with Crippen molar-refractivity contribution in [1.82, 2.24) is 15.0 Å². The van der Waals surface area contributed by atoms with Gasteiger partial charge in [0, 0.05) is 18.6 Å². The van der Waals surface area contributed by atoms with Crippen LogP contribution in [0.25, 0.3) is 0 Å². The van der Waals surface area contributed by atoms with Crippen molar-refractivity contribution in [3.05, 3.63) is 41.3 Å². The third kappa shape index (κ3) is 2.44. The van der Waals surface area contributed by atoms with Crippen LogP contribution in [0.2, 0.25) is 5.02 Å². The van der Waals surface area contributed by atoms with Crippen LogP contribution >= 0.6 is 11.6 Å². The van der Waals surface area contributed by atoms with Crippen molar-refractivity contribution in [3.63, 3.8) is 0 Å². The summed E-state index contributed by atoms with van der Waals surface area (Å²) in [7, 11) is 0. The molecule has 2 N–H and O–H groups in total. The van der Waals surface area contributed by atoms with Crippen molar-refractivity contribution >= 4 is 17.4 Å². The summed E-state index contributed by atoms with van der Waals surface area (Å²) in [5.74, 6) is 0.399. The zero-order chi connectivity index (χ0) is 10.7. The summed E-state index contributed by atoms with van der Waals surface area (Å²) in [6, 6.07) is 1.21. The predicted molar refractivity (Wildman–Crippen MR) is 55.1 cm³/mol. The monoisotopic (exact) mass is 226 g/mol. The number of rotatable bonds is 3. The maximum Gasteiger partial charge on any atom is 0.166 e. The Kier molecular flexibility index (Phi) is 2.82. The largest absolute Gasteiger partial charge is 0.360 e. The van der Waals surface area contributed by atoms with Gasteiger partial charge in [-0.1, -0.05) is 11.6 Å². The molecule has 4 nitrogen and oxygen atoms in total. The van der Waals surface area contributed by atoms with Gasteiger partial charge in [-0.05, 0) is 6.07 Å². The molecule has 0 amide bonds. The van der Waals surface area contributed by atoms with E-state index in [1.807, 2.05) is 0 Å². The molecule has 0 aromatic carbocycles. The third-order valence-corrected chi connectivity index (χ3v) is 1.99. The van der Waals surface area contributed by atoms with E-state index in [0.29, 0.717) is 12.4 Å². The molecule has 2 rings (SSSR count). The Hall–Kier alpha value is -1.62. The van der Waals surface area contributed by atoms with Gasteiger partial charge in [-0.25, -0.2) is 14.4 Å². The van der Waals surface area contributed by atoms with E-state index in [1.165, 1.54) is 12.3 Å². The molecule has 2 aromatic heterocycles. The van der Waals surface area contributed by atoms with E-state index in [-0.39, 0.29) is 10.8 Å². The summed E-state index contributed by atoms with van der Waals surface area (Å²) in [6.45, 7) is 0.387. The molecule has 0 atom stereocenters. The molecular weight excluding hydrogens is 219 g/mol. The molecule has 0 spiro atoms. The highest BCUT2D eigenvalue weighted by Crippen LogP contribution is 2.15. The van der Waals surface area contributed by atoms with Gasteiger partial charge in [-0.2, -0.15) is 0 Å². The SMILES string of the molecule is Fc1cc(Cl)cnc1NCc1ncc[nH]1. The Morgan fingerprint density at radius 2 is 2.33 bits per heavy atom. The van der Waals surface area contributed by atoms with Gasteiger partial charge >= 0.3 is 0 Å². The topological polar surface area (TPSA) is 53.6 Å². The molecule has 0 aliphatic heterocycles. The average Bonchev–Trinajstić information content (AvgIpc) is 2.69. The lowest BCUT2D eigenvalue weighted by molar-refractivity contribution is 0.624. The van der Waals surface area contributed by atoms with Crippen molar-refractivity contribution in [3.8, 4) is 0 Å². The smallest absolute Gasteiger partial charge is 0.166 e. The number of halogens is 2. The summed E-state index contributed by atoms with van der Waals surface area (Å²) in [5.41, 5.74) is 0. The van der Waals surface area contributed by atoms with Crippen LogP contribution in [0.4, 0.5) is 10.2 Å².